The number of rotatable bonds is 8. The first-order valence-corrected chi connectivity index (χ1v) is 12.2. The molecule has 2 aliphatic heterocycles. The first-order chi connectivity index (χ1) is 18.8. The number of imide groups is 1. The molecular weight excluding hydrogens is 500 g/mol. The number of nitro groups is 1. The number of fused-ring (bicyclic) bond motifs is 1. The molecule has 4 amide bonds. The van der Waals surface area contributed by atoms with Gasteiger partial charge in [-0.3, -0.25) is 25.0 Å². The molecule has 0 spiro atoms. The second-order valence-electron chi connectivity index (χ2n) is 8.99. The van der Waals surface area contributed by atoms with Gasteiger partial charge in [-0.2, -0.15) is 0 Å². The van der Waals surface area contributed by atoms with Gasteiger partial charge in [0.15, 0.2) is 0 Å². The molecule has 1 saturated heterocycles. The van der Waals surface area contributed by atoms with E-state index in [1.807, 2.05) is 24.3 Å². The molecule has 0 aliphatic carbocycles. The molecule has 196 valence electrons. The van der Waals surface area contributed by atoms with Crippen LogP contribution < -0.4 is 27.0 Å². The molecule has 0 atom stereocenters. The summed E-state index contributed by atoms with van der Waals surface area (Å²) in [5, 5.41) is 22.1. The molecule has 5 rings (SSSR count). The fourth-order valence-corrected chi connectivity index (χ4v) is 4.40. The quantitative estimate of drug-likeness (QED) is 0.130. The van der Waals surface area contributed by atoms with Crippen molar-refractivity contribution in [1.82, 2.24) is 10.6 Å². The molecule has 0 saturated carbocycles. The Morgan fingerprint density at radius 1 is 0.923 bits per heavy atom. The number of urea groups is 1. The van der Waals surface area contributed by atoms with Crippen LogP contribution in [-0.4, -0.2) is 29.3 Å². The Balaban J connectivity index is 1.54. The van der Waals surface area contributed by atoms with Gasteiger partial charge >= 0.3 is 6.03 Å². The van der Waals surface area contributed by atoms with Crippen LogP contribution in [0.25, 0.3) is 17.3 Å². The monoisotopic (exact) mass is 524 g/mol. The van der Waals surface area contributed by atoms with E-state index < -0.39 is 16.9 Å². The Hall–Kier alpha value is -5.29. The molecule has 0 aromatic heterocycles. The van der Waals surface area contributed by atoms with Gasteiger partial charge in [-0.05, 0) is 60.4 Å². The van der Waals surface area contributed by atoms with Crippen molar-refractivity contribution in [3.05, 3.63) is 105 Å². The van der Waals surface area contributed by atoms with E-state index in [2.05, 4.69) is 21.3 Å². The number of carbonyl (C=O) groups is 3. The molecule has 3 aromatic rings. The van der Waals surface area contributed by atoms with E-state index in [1.54, 1.807) is 30.3 Å². The third-order valence-corrected chi connectivity index (χ3v) is 6.33. The second kappa shape index (κ2) is 10.6. The van der Waals surface area contributed by atoms with Crippen molar-refractivity contribution < 1.29 is 19.3 Å². The van der Waals surface area contributed by atoms with Crippen molar-refractivity contribution in [2.45, 2.75) is 12.8 Å². The van der Waals surface area contributed by atoms with Crippen LogP contribution in [-0.2, 0) is 16.0 Å². The maximum absolute atomic E-state index is 13.2. The lowest BCUT2D eigenvalue weighted by atomic mass is 9.98. The highest BCUT2D eigenvalue weighted by atomic mass is 16.6. The van der Waals surface area contributed by atoms with Crippen molar-refractivity contribution in [3.8, 4) is 0 Å². The number of aryl methyl sites for hydroxylation is 1. The van der Waals surface area contributed by atoms with Crippen LogP contribution in [0, 0.1) is 10.1 Å². The Morgan fingerprint density at radius 2 is 1.67 bits per heavy atom. The number of hydrogen-bond donors (Lipinski definition) is 5. The Labute approximate surface area is 222 Å². The molecule has 11 nitrogen and oxygen atoms in total. The molecule has 0 bridgehead atoms. The van der Waals surface area contributed by atoms with Crippen molar-refractivity contribution in [1.29, 1.82) is 0 Å². The summed E-state index contributed by atoms with van der Waals surface area (Å²) in [6.07, 6.45) is 3.21. The Morgan fingerprint density at radius 3 is 2.31 bits per heavy atom. The van der Waals surface area contributed by atoms with Gasteiger partial charge in [-0.25, -0.2) is 4.79 Å². The fraction of sp³-hybridized carbons (Fsp3) is 0.107. The lowest BCUT2D eigenvalue weighted by Crippen LogP contribution is -2.22. The summed E-state index contributed by atoms with van der Waals surface area (Å²) in [5.41, 5.74) is 10.4. The van der Waals surface area contributed by atoms with Crippen LogP contribution in [0.5, 0.6) is 0 Å². The number of anilines is 2. The maximum Gasteiger partial charge on any atom is 0.326 e. The van der Waals surface area contributed by atoms with Crippen LogP contribution >= 0.6 is 0 Å². The van der Waals surface area contributed by atoms with Crippen LogP contribution in [0.2, 0.25) is 0 Å². The fourth-order valence-electron chi connectivity index (χ4n) is 4.40. The van der Waals surface area contributed by atoms with Crippen molar-refractivity contribution in [2.24, 2.45) is 5.73 Å². The van der Waals surface area contributed by atoms with Crippen LogP contribution in [0.3, 0.4) is 0 Å². The lowest BCUT2D eigenvalue weighted by molar-refractivity contribution is -0.384. The summed E-state index contributed by atoms with van der Waals surface area (Å²) >= 11 is 0. The second-order valence-corrected chi connectivity index (χ2v) is 8.99. The molecule has 2 heterocycles. The standard InChI is InChI=1S/C28H24N6O5/c29-13-1-2-16-3-7-18(8-4-16)25(24-21-15-20(34(38)39)11-12-22(21)31-27(24)36)30-19-9-5-17(6-10-19)14-23-26(35)33-28(37)32-23/h3-12,14-15,30H,1-2,13,29H2,(H,31,36)(H2,32,33,35,37)/b23-14+,25-24-. The smallest absolute Gasteiger partial charge is 0.326 e. The van der Waals surface area contributed by atoms with Gasteiger partial charge in [-0.15, -0.1) is 0 Å². The molecule has 1 fully saturated rings. The average molecular weight is 525 g/mol. The van der Waals surface area contributed by atoms with E-state index in [0.29, 0.717) is 40.3 Å². The van der Waals surface area contributed by atoms with E-state index in [4.69, 9.17) is 5.73 Å². The molecule has 2 aliphatic rings. The van der Waals surface area contributed by atoms with Gasteiger partial charge < -0.3 is 21.7 Å². The highest BCUT2D eigenvalue weighted by Gasteiger charge is 2.30. The molecule has 3 aromatic carbocycles. The minimum absolute atomic E-state index is 0.125. The predicted molar refractivity (Wildman–Crippen MR) is 147 cm³/mol. The number of hydrogen-bond acceptors (Lipinski definition) is 7. The van der Waals surface area contributed by atoms with Crippen molar-refractivity contribution >= 4 is 52.3 Å². The number of benzene rings is 3. The topological polar surface area (TPSA) is 168 Å². The minimum Gasteiger partial charge on any atom is -0.354 e. The van der Waals surface area contributed by atoms with Gasteiger partial charge in [-0.1, -0.05) is 36.4 Å². The zero-order valence-corrected chi connectivity index (χ0v) is 20.6. The number of non-ortho nitro benzene ring substituents is 1. The number of nitrogens with two attached hydrogens (primary N) is 1. The normalized spacial score (nSPS) is 16.4. The highest BCUT2D eigenvalue weighted by molar-refractivity contribution is 6.37. The summed E-state index contributed by atoms with van der Waals surface area (Å²) in [7, 11) is 0. The maximum atomic E-state index is 13.2. The van der Waals surface area contributed by atoms with E-state index in [1.165, 1.54) is 18.2 Å². The zero-order chi connectivity index (χ0) is 27.5. The van der Waals surface area contributed by atoms with Crippen molar-refractivity contribution in [3.63, 3.8) is 0 Å². The molecular formula is C28H24N6O5. The largest absolute Gasteiger partial charge is 0.354 e. The SMILES string of the molecule is NCCCc1ccc(/C(Nc2ccc(/C=C3/NC(=O)NC3=O)cc2)=C2/C(=O)Nc3ccc([N+](=O)[O-])cc32)cc1. The van der Waals surface area contributed by atoms with Gasteiger partial charge in [0.2, 0.25) is 0 Å². The first kappa shape index (κ1) is 25.4. The number of carbonyl (C=O) groups excluding carboxylic acids is 3. The van der Waals surface area contributed by atoms with E-state index in [0.717, 1.165) is 18.4 Å². The van der Waals surface area contributed by atoms with Gasteiger partial charge in [0.25, 0.3) is 17.5 Å². The first-order valence-electron chi connectivity index (χ1n) is 12.2. The molecule has 6 N–H and O–H groups in total. The van der Waals surface area contributed by atoms with E-state index >= 15 is 0 Å². The zero-order valence-electron chi connectivity index (χ0n) is 20.6. The molecule has 11 heteroatoms. The van der Waals surface area contributed by atoms with Gasteiger partial charge in [0.05, 0.1) is 16.2 Å². The number of nitro benzene ring substituents is 1. The lowest BCUT2D eigenvalue weighted by Gasteiger charge is -2.15. The molecule has 0 unspecified atom stereocenters. The third-order valence-electron chi connectivity index (χ3n) is 6.33. The summed E-state index contributed by atoms with van der Waals surface area (Å²) < 4.78 is 0. The summed E-state index contributed by atoms with van der Waals surface area (Å²) in [6, 6.07) is 18.4. The van der Waals surface area contributed by atoms with Crippen LogP contribution in [0.4, 0.5) is 21.9 Å². The highest BCUT2D eigenvalue weighted by Crippen LogP contribution is 2.39. The van der Waals surface area contributed by atoms with Crippen LogP contribution in [0.1, 0.15) is 28.7 Å². The molecule has 39 heavy (non-hydrogen) atoms. The Kier molecular flexibility index (Phi) is 6.89. The average Bonchev–Trinajstić information content (AvgIpc) is 3.43. The number of nitrogens with zero attached hydrogens (tertiary/aromatic N) is 1. The molecule has 0 radical (unpaired) electrons. The Bertz CT molecular complexity index is 1560. The third kappa shape index (κ3) is 5.38. The van der Waals surface area contributed by atoms with Gasteiger partial charge in [0, 0.05) is 29.1 Å². The van der Waals surface area contributed by atoms with E-state index in [9.17, 15) is 24.5 Å². The predicted octanol–water partition coefficient (Wildman–Crippen LogP) is 3.60. The van der Waals surface area contributed by atoms with Crippen molar-refractivity contribution in [2.75, 3.05) is 17.2 Å². The van der Waals surface area contributed by atoms with Crippen LogP contribution in [0.15, 0.2) is 72.4 Å². The minimum atomic E-state index is -0.579. The number of amides is 4. The summed E-state index contributed by atoms with van der Waals surface area (Å²) in [5.74, 6) is -0.895. The van der Waals surface area contributed by atoms with E-state index in [-0.39, 0.29) is 22.9 Å². The summed E-state index contributed by atoms with van der Waals surface area (Å²) in [6.45, 7) is 0.581. The summed E-state index contributed by atoms with van der Waals surface area (Å²) in [4.78, 5) is 47.3. The number of nitrogens with one attached hydrogen (secondary N) is 4. The van der Waals surface area contributed by atoms with Gasteiger partial charge in [0.1, 0.15) is 5.70 Å².